The van der Waals surface area contributed by atoms with Gasteiger partial charge in [-0.15, -0.1) is 0 Å². The molecule has 1 heterocycles. The van der Waals surface area contributed by atoms with Crippen molar-refractivity contribution in [2.45, 2.75) is 45.6 Å². The second-order valence-electron chi connectivity index (χ2n) is 6.41. The molecule has 0 aromatic heterocycles. The summed E-state index contributed by atoms with van der Waals surface area (Å²) in [6.45, 7) is 5.51. The van der Waals surface area contributed by atoms with Crippen LogP contribution in [0, 0.1) is 11.8 Å². The molecule has 2 amide bonds. The van der Waals surface area contributed by atoms with Crippen LogP contribution in [0.15, 0.2) is 0 Å². The van der Waals surface area contributed by atoms with Crippen LogP contribution < -0.4 is 5.73 Å². The Hall–Kier alpha value is -1.10. The van der Waals surface area contributed by atoms with Crippen LogP contribution in [-0.2, 0) is 9.59 Å². The van der Waals surface area contributed by atoms with Crippen molar-refractivity contribution in [2.75, 3.05) is 27.2 Å². The van der Waals surface area contributed by atoms with E-state index in [0.29, 0.717) is 25.4 Å². The van der Waals surface area contributed by atoms with Crippen molar-refractivity contribution in [3.8, 4) is 0 Å². The minimum Gasteiger partial charge on any atom is -0.347 e. The highest BCUT2D eigenvalue weighted by Gasteiger charge is 2.35. The highest BCUT2D eigenvalue weighted by molar-refractivity contribution is 5.88. The summed E-state index contributed by atoms with van der Waals surface area (Å²) in [6, 6.07) is -0.269. The summed E-state index contributed by atoms with van der Waals surface area (Å²) < 4.78 is 0. The summed E-state index contributed by atoms with van der Waals surface area (Å²) in [5, 5.41) is 0. The SMILES string of the molecule is CC(C)CC(CN)CC(=O)N1CCCC1C(=O)N(C)C. The highest BCUT2D eigenvalue weighted by atomic mass is 16.2. The van der Waals surface area contributed by atoms with Gasteiger partial charge in [-0.2, -0.15) is 0 Å². The van der Waals surface area contributed by atoms with Crippen LogP contribution in [0.3, 0.4) is 0 Å². The van der Waals surface area contributed by atoms with Crippen molar-refractivity contribution >= 4 is 11.8 Å². The first-order valence-electron chi connectivity index (χ1n) is 7.57. The monoisotopic (exact) mass is 283 g/mol. The van der Waals surface area contributed by atoms with Crippen LogP contribution in [0.25, 0.3) is 0 Å². The zero-order valence-corrected chi connectivity index (χ0v) is 13.3. The van der Waals surface area contributed by atoms with Gasteiger partial charge in [0.1, 0.15) is 6.04 Å². The fraction of sp³-hybridized carbons (Fsp3) is 0.867. The maximum Gasteiger partial charge on any atom is 0.244 e. The molecule has 0 saturated carbocycles. The number of likely N-dealkylation sites (tertiary alicyclic amines) is 1. The molecular formula is C15H29N3O2. The predicted octanol–water partition coefficient (Wildman–Crippen LogP) is 1.08. The van der Waals surface area contributed by atoms with E-state index in [1.54, 1.807) is 23.9 Å². The lowest BCUT2D eigenvalue weighted by Crippen LogP contribution is -2.46. The van der Waals surface area contributed by atoms with Gasteiger partial charge in [-0.3, -0.25) is 9.59 Å². The van der Waals surface area contributed by atoms with Gasteiger partial charge >= 0.3 is 0 Å². The number of hydrogen-bond acceptors (Lipinski definition) is 3. The van der Waals surface area contributed by atoms with E-state index in [1.165, 1.54) is 0 Å². The molecule has 5 nitrogen and oxygen atoms in total. The number of rotatable bonds is 6. The third kappa shape index (κ3) is 4.47. The van der Waals surface area contributed by atoms with Crippen molar-refractivity contribution in [3.05, 3.63) is 0 Å². The van der Waals surface area contributed by atoms with Gasteiger partial charge in [-0.1, -0.05) is 13.8 Å². The van der Waals surface area contributed by atoms with Crippen LogP contribution in [0.5, 0.6) is 0 Å². The Labute approximate surface area is 122 Å². The topological polar surface area (TPSA) is 66.6 Å². The molecule has 2 unspecified atom stereocenters. The number of carbonyl (C=O) groups is 2. The number of nitrogens with two attached hydrogens (primary N) is 1. The Morgan fingerprint density at radius 1 is 1.35 bits per heavy atom. The van der Waals surface area contributed by atoms with E-state index in [0.717, 1.165) is 19.3 Å². The zero-order chi connectivity index (χ0) is 15.3. The van der Waals surface area contributed by atoms with Crippen molar-refractivity contribution in [2.24, 2.45) is 17.6 Å². The number of hydrogen-bond donors (Lipinski definition) is 1. The molecule has 20 heavy (non-hydrogen) atoms. The first-order chi connectivity index (χ1) is 9.36. The second-order valence-corrected chi connectivity index (χ2v) is 6.41. The largest absolute Gasteiger partial charge is 0.347 e. The molecule has 0 aromatic carbocycles. The maximum atomic E-state index is 12.4. The minimum atomic E-state index is -0.269. The Kier molecular flexibility index (Phi) is 6.46. The van der Waals surface area contributed by atoms with Gasteiger partial charge in [0, 0.05) is 27.1 Å². The fourth-order valence-electron chi connectivity index (χ4n) is 2.91. The first-order valence-corrected chi connectivity index (χ1v) is 7.57. The van der Waals surface area contributed by atoms with Crippen LogP contribution >= 0.6 is 0 Å². The lowest BCUT2D eigenvalue weighted by molar-refractivity contribution is -0.142. The quantitative estimate of drug-likeness (QED) is 0.793. The van der Waals surface area contributed by atoms with Gasteiger partial charge in [0.2, 0.25) is 11.8 Å². The molecule has 0 spiro atoms. The molecule has 2 atom stereocenters. The normalized spacial score (nSPS) is 20.3. The van der Waals surface area contributed by atoms with E-state index >= 15 is 0 Å². The van der Waals surface area contributed by atoms with E-state index in [9.17, 15) is 9.59 Å². The smallest absolute Gasteiger partial charge is 0.244 e. The molecule has 0 bridgehead atoms. The molecule has 2 N–H and O–H groups in total. The summed E-state index contributed by atoms with van der Waals surface area (Å²) in [5.74, 6) is 0.871. The Balaban J connectivity index is 2.63. The standard InChI is InChI=1S/C15H29N3O2/c1-11(2)8-12(10-16)9-14(19)18-7-5-6-13(18)15(20)17(3)4/h11-13H,5-10,16H2,1-4H3. The van der Waals surface area contributed by atoms with Crippen LogP contribution in [-0.4, -0.2) is 54.8 Å². The van der Waals surface area contributed by atoms with Gasteiger partial charge < -0.3 is 15.5 Å². The van der Waals surface area contributed by atoms with Crippen molar-refractivity contribution in [1.29, 1.82) is 0 Å². The van der Waals surface area contributed by atoms with Gasteiger partial charge in [-0.05, 0) is 37.6 Å². The molecule has 1 aliphatic rings. The third-order valence-electron chi connectivity index (χ3n) is 3.90. The summed E-state index contributed by atoms with van der Waals surface area (Å²) in [4.78, 5) is 27.9. The van der Waals surface area contributed by atoms with E-state index in [-0.39, 0.29) is 23.8 Å². The van der Waals surface area contributed by atoms with E-state index in [2.05, 4.69) is 13.8 Å². The zero-order valence-electron chi connectivity index (χ0n) is 13.3. The second kappa shape index (κ2) is 7.62. The number of carbonyl (C=O) groups excluding carboxylic acids is 2. The molecule has 116 valence electrons. The summed E-state index contributed by atoms with van der Waals surface area (Å²) >= 11 is 0. The van der Waals surface area contributed by atoms with E-state index in [4.69, 9.17) is 5.73 Å². The van der Waals surface area contributed by atoms with E-state index < -0.39 is 0 Å². The predicted molar refractivity (Wildman–Crippen MR) is 80.0 cm³/mol. The van der Waals surface area contributed by atoms with Crippen LogP contribution in [0.2, 0.25) is 0 Å². The van der Waals surface area contributed by atoms with Crippen LogP contribution in [0.1, 0.15) is 39.5 Å². The lowest BCUT2D eigenvalue weighted by atomic mass is 9.93. The highest BCUT2D eigenvalue weighted by Crippen LogP contribution is 2.22. The molecular weight excluding hydrogens is 254 g/mol. The first kappa shape index (κ1) is 17.0. The van der Waals surface area contributed by atoms with E-state index in [1.807, 2.05) is 0 Å². The molecule has 1 rings (SSSR count). The average Bonchev–Trinajstić information content (AvgIpc) is 2.85. The number of nitrogens with zero attached hydrogens (tertiary/aromatic N) is 2. The maximum absolute atomic E-state index is 12.4. The Morgan fingerprint density at radius 3 is 2.50 bits per heavy atom. The van der Waals surface area contributed by atoms with Gasteiger partial charge in [0.15, 0.2) is 0 Å². The fourth-order valence-corrected chi connectivity index (χ4v) is 2.91. The molecule has 0 radical (unpaired) electrons. The molecule has 5 heteroatoms. The van der Waals surface area contributed by atoms with Gasteiger partial charge in [0.05, 0.1) is 0 Å². The summed E-state index contributed by atoms with van der Waals surface area (Å²) in [6.07, 6.45) is 3.11. The van der Waals surface area contributed by atoms with Gasteiger partial charge in [0.25, 0.3) is 0 Å². The van der Waals surface area contributed by atoms with Crippen molar-refractivity contribution < 1.29 is 9.59 Å². The van der Waals surface area contributed by atoms with Crippen molar-refractivity contribution in [1.82, 2.24) is 9.80 Å². The molecule has 1 saturated heterocycles. The molecule has 0 aliphatic carbocycles. The Morgan fingerprint density at radius 2 is 2.00 bits per heavy atom. The van der Waals surface area contributed by atoms with Crippen molar-refractivity contribution in [3.63, 3.8) is 0 Å². The number of likely N-dealkylation sites (N-methyl/N-ethyl adjacent to an activating group) is 1. The molecule has 1 aliphatic heterocycles. The van der Waals surface area contributed by atoms with Crippen LogP contribution in [0.4, 0.5) is 0 Å². The minimum absolute atomic E-state index is 0.0315. The van der Waals surface area contributed by atoms with Gasteiger partial charge in [-0.25, -0.2) is 0 Å². The molecule has 0 aromatic rings. The summed E-state index contributed by atoms with van der Waals surface area (Å²) in [5.41, 5.74) is 5.76. The third-order valence-corrected chi connectivity index (χ3v) is 3.90. The Bertz CT molecular complexity index is 342. The average molecular weight is 283 g/mol. The molecule has 1 fully saturated rings. The summed E-state index contributed by atoms with van der Waals surface area (Å²) in [7, 11) is 3.48. The lowest BCUT2D eigenvalue weighted by Gasteiger charge is -2.28. The number of amides is 2.